The summed E-state index contributed by atoms with van der Waals surface area (Å²) in [4.78, 5) is 12.2. The van der Waals surface area contributed by atoms with Crippen LogP contribution in [0.5, 0.6) is 0 Å². The molecule has 0 atom stereocenters. The number of carbonyl (C=O) groups excluding carboxylic acids is 1. The van der Waals surface area contributed by atoms with E-state index in [0.29, 0.717) is 5.58 Å². The Morgan fingerprint density at radius 2 is 1.90 bits per heavy atom. The van der Waals surface area contributed by atoms with Crippen LogP contribution in [0.15, 0.2) is 46.9 Å². The van der Waals surface area contributed by atoms with E-state index in [9.17, 15) is 13.6 Å². The summed E-state index contributed by atoms with van der Waals surface area (Å²) in [6.45, 7) is 1.95. The number of hydrogen-bond donors (Lipinski definition) is 0. The van der Waals surface area contributed by atoms with E-state index >= 15 is 0 Å². The lowest BCUT2D eigenvalue weighted by molar-refractivity contribution is 0.0967. The minimum atomic E-state index is -0.727. The molecule has 0 aliphatic carbocycles. The largest absolute Gasteiger partial charge is 0.453 e. The summed E-state index contributed by atoms with van der Waals surface area (Å²) in [7, 11) is 0. The second kappa shape index (κ2) is 5.13. The molecular weight excluding hydrogens is 274 g/mol. The van der Waals surface area contributed by atoms with E-state index < -0.39 is 11.6 Å². The van der Waals surface area contributed by atoms with Crippen molar-refractivity contribution in [2.75, 3.05) is 0 Å². The number of fused-ring (bicyclic) bond motifs is 1. The molecule has 0 bridgehead atoms. The summed E-state index contributed by atoms with van der Waals surface area (Å²) in [5, 5.41) is 0.831. The minimum absolute atomic E-state index is 0.151. The summed E-state index contributed by atoms with van der Waals surface area (Å²) < 4.78 is 31.9. The van der Waals surface area contributed by atoms with Gasteiger partial charge in [-0.05, 0) is 36.8 Å². The molecule has 1 heterocycles. The third kappa shape index (κ3) is 2.70. The van der Waals surface area contributed by atoms with Gasteiger partial charge in [0.1, 0.15) is 17.2 Å². The number of Topliss-reactive ketones (excluding diaryl/α,β-unsaturated/α-hetero) is 1. The van der Waals surface area contributed by atoms with Gasteiger partial charge in [-0.25, -0.2) is 8.78 Å². The first-order chi connectivity index (χ1) is 10.0. The standard InChI is InChI=1S/C17H12F2O2/c1-10-2-5-16-12(6-10)8-17(21-16)15(20)7-11-3-4-13(18)9-14(11)19/h2-6,8-9H,7H2,1H3. The number of furan rings is 1. The zero-order valence-electron chi connectivity index (χ0n) is 11.3. The smallest absolute Gasteiger partial charge is 0.202 e. The maximum Gasteiger partial charge on any atom is 0.202 e. The number of hydrogen-bond acceptors (Lipinski definition) is 2. The second-order valence-corrected chi connectivity index (χ2v) is 4.99. The molecule has 3 aromatic rings. The van der Waals surface area contributed by atoms with E-state index in [1.54, 1.807) is 12.1 Å². The summed E-state index contributed by atoms with van der Waals surface area (Å²) in [5.74, 6) is -1.55. The Kier molecular flexibility index (Phi) is 3.29. The van der Waals surface area contributed by atoms with Crippen LogP contribution in [0.1, 0.15) is 21.7 Å². The fourth-order valence-corrected chi connectivity index (χ4v) is 2.23. The molecular formula is C17H12F2O2. The molecule has 0 aliphatic rings. The van der Waals surface area contributed by atoms with E-state index in [1.807, 2.05) is 19.1 Å². The maximum atomic E-state index is 13.6. The molecule has 2 aromatic carbocycles. The van der Waals surface area contributed by atoms with Gasteiger partial charge in [0, 0.05) is 17.9 Å². The van der Waals surface area contributed by atoms with Gasteiger partial charge >= 0.3 is 0 Å². The van der Waals surface area contributed by atoms with E-state index in [0.717, 1.165) is 23.1 Å². The van der Waals surface area contributed by atoms with Gasteiger partial charge in [-0.3, -0.25) is 4.79 Å². The first-order valence-electron chi connectivity index (χ1n) is 6.50. The van der Waals surface area contributed by atoms with Gasteiger partial charge in [0.05, 0.1) is 0 Å². The monoisotopic (exact) mass is 286 g/mol. The van der Waals surface area contributed by atoms with Crippen molar-refractivity contribution in [2.24, 2.45) is 0 Å². The average molecular weight is 286 g/mol. The van der Waals surface area contributed by atoms with Crippen molar-refractivity contribution in [3.8, 4) is 0 Å². The van der Waals surface area contributed by atoms with Crippen molar-refractivity contribution in [3.63, 3.8) is 0 Å². The van der Waals surface area contributed by atoms with E-state index in [1.165, 1.54) is 6.07 Å². The zero-order chi connectivity index (χ0) is 15.0. The quantitative estimate of drug-likeness (QED) is 0.666. The Hall–Kier alpha value is -2.49. The van der Waals surface area contributed by atoms with Crippen LogP contribution in [0.3, 0.4) is 0 Å². The average Bonchev–Trinajstić information content (AvgIpc) is 2.85. The molecule has 0 fully saturated rings. The van der Waals surface area contributed by atoms with Crippen LogP contribution in [0.4, 0.5) is 8.78 Å². The molecule has 0 unspecified atom stereocenters. The van der Waals surface area contributed by atoms with Crippen molar-refractivity contribution in [1.29, 1.82) is 0 Å². The van der Waals surface area contributed by atoms with Crippen molar-refractivity contribution >= 4 is 16.8 Å². The first kappa shape index (κ1) is 13.5. The Labute approximate surface area is 120 Å². The molecule has 21 heavy (non-hydrogen) atoms. The van der Waals surface area contributed by atoms with Crippen molar-refractivity contribution in [1.82, 2.24) is 0 Å². The summed E-state index contributed by atoms with van der Waals surface area (Å²) in [5.41, 5.74) is 1.83. The van der Waals surface area contributed by atoms with Gasteiger partial charge in [0.2, 0.25) is 5.78 Å². The molecule has 4 heteroatoms. The van der Waals surface area contributed by atoms with Gasteiger partial charge in [0.25, 0.3) is 0 Å². The fourth-order valence-electron chi connectivity index (χ4n) is 2.23. The first-order valence-corrected chi connectivity index (χ1v) is 6.50. The third-order valence-electron chi connectivity index (χ3n) is 3.31. The van der Waals surface area contributed by atoms with Crippen LogP contribution in [0.25, 0.3) is 11.0 Å². The Balaban J connectivity index is 1.89. The number of rotatable bonds is 3. The molecule has 1 aromatic heterocycles. The lowest BCUT2D eigenvalue weighted by atomic mass is 10.1. The molecule has 3 rings (SSSR count). The molecule has 0 saturated heterocycles. The molecule has 0 saturated carbocycles. The number of carbonyl (C=O) groups is 1. The third-order valence-corrected chi connectivity index (χ3v) is 3.31. The normalized spacial score (nSPS) is 11.0. The fraction of sp³-hybridized carbons (Fsp3) is 0.118. The van der Waals surface area contributed by atoms with Gasteiger partial charge in [-0.1, -0.05) is 17.7 Å². The van der Waals surface area contributed by atoms with Gasteiger partial charge in [-0.2, -0.15) is 0 Å². The number of ketones is 1. The lowest BCUT2D eigenvalue weighted by Crippen LogP contribution is -2.04. The van der Waals surface area contributed by atoms with Gasteiger partial charge in [-0.15, -0.1) is 0 Å². The van der Waals surface area contributed by atoms with Crippen molar-refractivity contribution < 1.29 is 18.0 Å². The predicted octanol–water partition coefficient (Wildman–Crippen LogP) is 4.44. The van der Waals surface area contributed by atoms with Crippen molar-refractivity contribution in [3.05, 3.63) is 71.0 Å². The maximum absolute atomic E-state index is 13.6. The molecule has 106 valence electrons. The van der Waals surface area contributed by atoms with Crippen LogP contribution in [-0.4, -0.2) is 5.78 Å². The highest BCUT2D eigenvalue weighted by Crippen LogP contribution is 2.22. The van der Waals surface area contributed by atoms with Gasteiger partial charge in [0.15, 0.2) is 5.76 Å². The molecule has 2 nitrogen and oxygen atoms in total. The SMILES string of the molecule is Cc1ccc2oc(C(=O)Cc3ccc(F)cc3F)cc2c1. The van der Waals surface area contributed by atoms with E-state index in [-0.39, 0.29) is 23.5 Å². The lowest BCUT2D eigenvalue weighted by Gasteiger charge is -2.01. The molecule has 0 aliphatic heterocycles. The summed E-state index contributed by atoms with van der Waals surface area (Å²) >= 11 is 0. The molecule has 0 amide bonds. The van der Waals surface area contributed by atoms with Crippen LogP contribution >= 0.6 is 0 Å². The Morgan fingerprint density at radius 3 is 2.67 bits per heavy atom. The minimum Gasteiger partial charge on any atom is -0.453 e. The molecule has 0 spiro atoms. The number of benzene rings is 2. The molecule has 0 radical (unpaired) electrons. The highest BCUT2D eigenvalue weighted by atomic mass is 19.1. The Bertz CT molecular complexity index is 834. The van der Waals surface area contributed by atoms with Crippen LogP contribution < -0.4 is 0 Å². The highest BCUT2D eigenvalue weighted by molar-refractivity contribution is 5.98. The highest BCUT2D eigenvalue weighted by Gasteiger charge is 2.15. The summed E-state index contributed by atoms with van der Waals surface area (Å²) in [6.07, 6.45) is -0.162. The Morgan fingerprint density at radius 1 is 1.10 bits per heavy atom. The predicted molar refractivity (Wildman–Crippen MR) is 75.3 cm³/mol. The second-order valence-electron chi connectivity index (χ2n) is 4.99. The van der Waals surface area contributed by atoms with Gasteiger partial charge < -0.3 is 4.42 Å². The number of aryl methyl sites for hydroxylation is 1. The van der Waals surface area contributed by atoms with Crippen LogP contribution in [0, 0.1) is 18.6 Å². The summed E-state index contributed by atoms with van der Waals surface area (Å²) in [6, 6.07) is 10.4. The topological polar surface area (TPSA) is 30.2 Å². The number of halogens is 2. The molecule has 0 N–H and O–H groups in total. The van der Waals surface area contributed by atoms with Crippen LogP contribution in [0.2, 0.25) is 0 Å². The zero-order valence-corrected chi connectivity index (χ0v) is 11.3. The van der Waals surface area contributed by atoms with Crippen LogP contribution in [-0.2, 0) is 6.42 Å². The van der Waals surface area contributed by atoms with E-state index in [2.05, 4.69) is 0 Å². The van der Waals surface area contributed by atoms with Crippen molar-refractivity contribution in [2.45, 2.75) is 13.3 Å². The van der Waals surface area contributed by atoms with E-state index in [4.69, 9.17) is 4.42 Å².